The van der Waals surface area contributed by atoms with Crippen LogP contribution in [0.1, 0.15) is 60.9 Å². The second kappa shape index (κ2) is 16.4. The third-order valence-electron chi connectivity index (χ3n) is 9.23. The predicted octanol–water partition coefficient (Wildman–Crippen LogP) is 3.03. The van der Waals surface area contributed by atoms with Crippen molar-refractivity contribution in [2.45, 2.75) is 77.2 Å². The number of nitrogens with zero attached hydrogens (tertiary/aromatic N) is 1. The number of ketones is 1. The number of carbonyl (C=O) groups excluding carboxylic acids is 1. The Morgan fingerprint density at radius 3 is 2.67 bits per heavy atom. The minimum absolute atomic E-state index is 0.00543. The lowest BCUT2D eigenvalue weighted by molar-refractivity contribution is -0.121. The first kappa shape index (κ1) is 36.0. The molecule has 5 rings (SSSR count). The number of carbonyl (C=O) groups is 1. The molecule has 13 heteroatoms. The smallest absolute Gasteiger partial charge is 0.201 e. The fourth-order valence-electron chi connectivity index (χ4n) is 6.33. The van der Waals surface area contributed by atoms with Crippen molar-refractivity contribution in [3.63, 3.8) is 0 Å². The number of rotatable bonds is 4. The van der Waals surface area contributed by atoms with E-state index in [1.54, 1.807) is 27.7 Å². The van der Waals surface area contributed by atoms with Gasteiger partial charge in [0.05, 0.1) is 11.7 Å². The third-order valence-corrected chi connectivity index (χ3v) is 11.8. The molecule has 48 heavy (non-hydrogen) atoms. The van der Waals surface area contributed by atoms with Crippen LogP contribution in [0.15, 0.2) is 23.2 Å². The Morgan fingerprint density at radius 1 is 1.10 bits per heavy atom. The number of nitrogens with two attached hydrogens (primary N) is 1. The molecule has 2 aliphatic heterocycles. The molecule has 1 aliphatic carbocycles. The van der Waals surface area contributed by atoms with E-state index in [4.69, 9.17) is 15.2 Å². The minimum atomic E-state index is -1.20. The summed E-state index contributed by atoms with van der Waals surface area (Å²) < 4.78 is 11.4. The summed E-state index contributed by atoms with van der Waals surface area (Å²) in [7, 11) is 3.50. The lowest BCUT2D eigenvalue weighted by Crippen LogP contribution is -2.45. The summed E-state index contributed by atoms with van der Waals surface area (Å²) in [5.74, 6) is 7.77. The number of phenols is 2. The number of benzene rings is 2. The maximum absolute atomic E-state index is 12.9. The summed E-state index contributed by atoms with van der Waals surface area (Å²) in [5, 5.41) is 56.8. The molecule has 2 heterocycles. The molecule has 0 saturated heterocycles. The molecule has 5 atom stereocenters. The molecule has 0 fully saturated rings. The highest BCUT2D eigenvalue weighted by Crippen LogP contribution is 2.45. The van der Waals surface area contributed by atoms with Crippen molar-refractivity contribution < 1.29 is 39.8 Å². The fourth-order valence-corrected chi connectivity index (χ4v) is 9.21. The van der Waals surface area contributed by atoms with Crippen LogP contribution in [0.5, 0.6) is 23.0 Å². The van der Waals surface area contributed by atoms with Crippen LogP contribution in [-0.2, 0) is 30.5 Å². The molecule has 0 aromatic heterocycles. The average molecular weight is 700 g/mol. The van der Waals surface area contributed by atoms with Gasteiger partial charge in [-0.3, -0.25) is 9.79 Å². The van der Waals surface area contributed by atoms with Gasteiger partial charge in [0.15, 0.2) is 35.8 Å². The molecule has 2 aromatic carbocycles. The second-order valence-corrected chi connectivity index (χ2v) is 15.5. The van der Waals surface area contributed by atoms with E-state index in [-0.39, 0.29) is 65.9 Å². The number of hydrogen-bond donors (Lipinski definition) is 7. The van der Waals surface area contributed by atoms with E-state index in [1.165, 1.54) is 6.07 Å². The molecule has 11 nitrogen and oxygen atoms in total. The first-order chi connectivity index (χ1) is 23.0. The summed E-state index contributed by atoms with van der Waals surface area (Å²) >= 11 is 0. The molecule has 8 N–H and O–H groups in total. The van der Waals surface area contributed by atoms with Gasteiger partial charge < -0.3 is 46.1 Å². The third kappa shape index (κ3) is 8.65. The number of ether oxygens (including phenoxy) is 2. The maximum atomic E-state index is 12.9. The first-order valence-electron chi connectivity index (χ1n) is 16.3. The highest BCUT2D eigenvalue weighted by atomic mass is 33.1. The van der Waals surface area contributed by atoms with E-state index in [2.05, 4.69) is 36.0 Å². The molecule has 0 radical (unpaired) electrons. The van der Waals surface area contributed by atoms with E-state index in [0.717, 1.165) is 22.6 Å². The second-order valence-electron chi connectivity index (χ2n) is 12.9. The van der Waals surface area contributed by atoms with Gasteiger partial charge in [-0.2, -0.15) is 0 Å². The highest BCUT2D eigenvalue weighted by molar-refractivity contribution is 8.76. The molecule has 260 valence electrons. The molecule has 0 amide bonds. The van der Waals surface area contributed by atoms with Crippen molar-refractivity contribution >= 4 is 33.3 Å². The van der Waals surface area contributed by atoms with E-state index < -0.39 is 19.2 Å². The van der Waals surface area contributed by atoms with Crippen LogP contribution in [0.4, 0.5) is 0 Å². The number of aliphatic hydroxyl groups excluding tert-OH is 3. The van der Waals surface area contributed by atoms with Gasteiger partial charge in [-0.1, -0.05) is 59.4 Å². The quantitative estimate of drug-likeness (QED) is 0.141. The predicted molar refractivity (Wildman–Crippen MR) is 187 cm³/mol. The Labute approximate surface area is 289 Å². The number of guanidine groups is 1. The Kier molecular flexibility index (Phi) is 12.3. The molecule has 3 aliphatic rings. The number of aliphatic imine (C=N–C) groups is 1. The van der Waals surface area contributed by atoms with Crippen molar-refractivity contribution in [1.29, 1.82) is 0 Å². The van der Waals surface area contributed by atoms with Gasteiger partial charge in [0.25, 0.3) is 0 Å². The van der Waals surface area contributed by atoms with Crippen LogP contribution in [0.3, 0.4) is 0 Å². The number of aromatic hydroxyl groups is 2. The van der Waals surface area contributed by atoms with Crippen LogP contribution in [0.25, 0.3) is 0 Å². The molecule has 2 bridgehead atoms. The van der Waals surface area contributed by atoms with Crippen LogP contribution in [-0.4, -0.2) is 80.6 Å². The fraction of sp³-hybridized carbons (Fsp3) is 0.543. The van der Waals surface area contributed by atoms with E-state index in [1.807, 2.05) is 6.07 Å². The lowest BCUT2D eigenvalue weighted by atomic mass is 9.81. The molecular weight excluding hydrogens is 655 g/mol. The zero-order valence-electron chi connectivity index (χ0n) is 27.3. The van der Waals surface area contributed by atoms with Crippen LogP contribution in [0, 0.1) is 29.6 Å². The Hall–Kier alpha value is -3.28. The number of hydrogen-bond acceptors (Lipinski definition) is 13. The van der Waals surface area contributed by atoms with Gasteiger partial charge in [-0.15, -0.1) is 0 Å². The van der Waals surface area contributed by atoms with Gasteiger partial charge >= 0.3 is 0 Å². The summed E-state index contributed by atoms with van der Waals surface area (Å²) in [5.41, 5.74) is 9.29. The Morgan fingerprint density at radius 2 is 1.90 bits per heavy atom. The number of phenolic OH excluding ortho intramolecular Hbond substituents is 2. The van der Waals surface area contributed by atoms with Gasteiger partial charge in [-0.05, 0) is 54.7 Å². The van der Waals surface area contributed by atoms with E-state index >= 15 is 0 Å². The maximum Gasteiger partial charge on any atom is 0.201 e. The Balaban J connectivity index is 1.49. The van der Waals surface area contributed by atoms with Crippen molar-refractivity contribution in [3.8, 4) is 34.8 Å². The molecule has 2 aromatic rings. The average Bonchev–Trinajstić information content (AvgIpc) is 3.05. The number of nitrogens with one attached hydrogen (secondary N) is 1. The number of aryl methyl sites for hydroxylation is 2. The summed E-state index contributed by atoms with van der Waals surface area (Å²) in [6, 6.07) is 5.13. The SMILES string of the molecule is CC(C)[C@H]1CSSC[C@H]([C@H]2Cc3c4cc(c(O)c3O[C@H]2O)CC#Cc2c(ccc(O)c2OCO)CCC(=O)C[C@H](O)CC4)CN=C(N)N1. The minimum Gasteiger partial charge on any atom is -0.504 e. The monoisotopic (exact) mass is 699 g/mol. The van der Waals surface area contributed by atoms with Crippen molar-refractivity contribution in [2.24, 2.45) is 28.5 Å². The van der Waals surface area contributed by atoms with Crippen LogP contribution < -0.4 is 20.5 Å². The first-order valence-corrected chi connectivity index (χ1v) is 18.8. The topological polar surface area (TPSA) is 187 Å². The van der Waals surface area contributed by atoms with Gasteiger partial charge in [-0.25, -0.2) is 0 Å². The number of aliphatic hydroxyl groups is 3. The number of fused-ring (bicyclic) bond motifs is 5. The largest absolute Gasteiger partial charge is 0.504 e. The zero-order chi connectivity index (χ0) is 34.4. The summed E-state index contributed by atoms with van der Waals surface area (Å²) in [6.07, 6.45) is -0.379. The van der Waals surface area contributed by atoms with E-state index in [0.29, 0.717) is 60.8 Å². The van der Waals surface area contributed by atoms with Crippen LogP contribution >= 0.6 is 21.6 Å². The molecule has 0 saturated carbocycles. The number of Topliss-reactive ketones (excluding diaryl/α,β-unsaturated/α-hetero) is 1. The van der Waals surface area contributed by atoms with Gasteiger partial charge in [0.1, 0.15) is 5.78 Å². The van der Waals surface area contributed by atoms with Gasteiger partial charge in [0, 0.05) is 60.4 Å². The molecular formula is C35H45N3O8S2. The Bertz CT molecular complexity index is 1570. The van der Waals surface area contributed by atoms with Crippen molar-refractivity contribution in [1.82, 2.24) is 5.32 Å². The lowest BCUT2D eigenvalue weighted by Gasteiger charge is -2.37. The summed E-state index contributed by atoms with van der Waals surface area (Å²) in [4.78, 5) is 17.5. The zero-order valence-corrected chi connectivity index (χ0v) is 28.9. The normalized spacial score (nSPS) is 25.4. The van der Waals surface area contributed by atoms with Crippen molar-refractivity contribution in [3.05, 3.63) is 46.0 Å². The van der Waals surface area contributed by atoms with Crippen LogP contribution in [0.2, 0.25) is 0 Å². The standard InChI is InChI=1S/C35H45N3O8S2/c1-19(2)29-17-48-47-16-23(15-37-35(36)38-29)28-14-27-21-7-10-25(41)13-24(40)9-6-20-8-11-30(42)32(45-18-39)26(20)5-3-4-22(12-21)31(43)33(27)46-34(28)44/h8,11-12,19,23,25,28-29,34,39,41-44H,4,6-7,9-10,13-18H2,1-2H3,(H3,36,37,38)/t23-,25-,28-,29-,34-/m1/s1. The van der Waals surface area contributed by atoms with E-state index in [9.17, 15) is 30.3 Å². The molecule has 0 spiro atoms. The van der Waals surface area contributed by atoms with Gasteiger partial charge in [0.2, 0.25) is 6.29 Å². The summed E-state index contributed by atoms with van der Waals surface area (Å²) in [6.45, 7) is 4.00. The highest BCUT2D eigenvalue weighted by Gasteiger charge is 2.38. The van der Waals surface area contributed by atoms with Crippen molar-refractivity contribution in [2.75, 3.05) is 24.8 Å². The molecule has 0 unspecified atom stereocenters.